The maximum Gasteiger partial charge on any atom is 0.184 e. The SMILES string of the molecule is CC1(n2nnnc2-c2ccc(Cl)cc2N)CCS(=O)(=O)C1. The number of halogens is 1. The van der Waals surface area contributed by atoms with E-state index < -0.39 is 15.4 Å². The Morgan fingerprint density at radius 3 is 2.81 bits per heavy atom. The second-order valence-electron chi connectivity index (χ2n) is 5.48. The summed E-state index contributed by atoms with van der Waals surface area (Å²) in [5.74, 6) is 0.605. The molecule has 1 fully saturated rings. The Balaban J connectivity index is 2.10. The largest absolute Gasteiger partial charge is 0.398 e. The third kappa shape index (κ3) is 2.49. The zero-order valence-electron chi connectivity index (χ0n) is 11.3. The Bertz CT molecular complexity index is 804. The minimum absolute atomic E-state index is 0.0194. The van der Waals surface area contributed by atoms with E-state index in [-0.39, 0.29) is 11.5 Å². The number of benzene rings is 1. The maximum atomic E-state index is 11.8. The van der Waals surface area contributed by atoms with Gasteiger partial charge < -0.3 is 5.73 Å². The first-order valence-electron chi connectivity index (χ1n) is 6.35. The van der Waals surface area contributed by atoms with Crippen molar-refractivity contribution >= 4 is 27.1 Å². The Morgan fingerprint density at radius 2 is 2.19 bits per heavy atom. The van der Waals surface area contributed by atoms with Crippen LogP contribution in [-0.2, 0) is 15.4 Å². The van der Waals surface area contributed by atoms with Gasteiger partial charge in [0.25, 0.3) is 0 Å². The number of hydrogen-bond acceptors (Lipinski definition) is 6. The third-order valence-electron chi connectivity index (χ3n) is 3.72. The molecule has 1 aliphatic heterocycles. The van der Waals surface area contributed by atoms with Crippen LogP contribution in [0.15, 0.2) is 18.2 Å². The van der Waals surface area contributed by atoms with Crippen molar-refractivity contribution in [3.05, 3.63) is 23.2 Å². The predicted octanol–water partition coefficient (Wildman–Crippen LogP) is 1.11. The van der Waals surface area contributed by atoms with Gasteiger partial charge in [-0.25, -0.2) is 13.1 Å². The molecule has 2 heterocycles. The molecule has 0 amide bonds. The number of sulfone groups is 1. The number of nitrogens with two attached hydrogens (primary N) is 1. The van der Waals surface area contributed by atoms with E-state index >= 15 is 0 Å². The van der Waals surface area contributed by atoms with Gasteiger partial charge in [-0.05, 0) is 42.0 Å². The first-order valence-corrected chi connectivity index (χ1v) is 8.55. The first-order chi connectivity index (χ1) is 9.81. The van der Waals surface area contributed by atoms with Crippen LogP contribution in [0.5, 0.6) is 0 Å². The summed E-state index contributed by atoms with van der Waals surface area (Å²) < 4.78 is 25.1. The maximum absolute atomic E-state index is 11.8. The quantitative estimate of drug-likeness (QED) is 0.829. The molecule has 1 unspecified atom stereocenters. The summed E-state index contributed by atoms with van der Waals surface area (Å²) in [7, 11) is -3.06. The molecule has 7 nitrogen and oxygen atoms in total. The van der Waals surface area contributed by atoms with Gasteiger partial charge in [0.05, 0.1) is 17.0 Å². The summed E-state index contributed by atoms with van der Waals surface area (Å²) >= 11 is 5.89. The zero-order chi connectivity index (χ0) is 15.3. The van der Waals surface area contributed by atoms with Gasteiger partial charge in [-0.2, -0.15) is 0 Å². The Kier molecular flexibility index (Phi) is 3.18. The Labute approximate surface area is 127 Å². The van der Waals surface area contributed by atoms with Crippen molar-refractivity contribution < 1.29 is 8.42 Å². The van der Waals surface area contributed by atoms with Gasteiger partial charge in [-0.3, -0.25) is 0 Å². The molecule has 0 spiro atoms. The van der Waals surface area contributed by atoms with Crippen LogP contribution in [0.25, 0.3) is 11.4 Å². The molecule has 0 radical (unpaired) electrons. The number of rotatable bonds is 2. The van der Waals surface area contributed by atoms with E-state index in [0.717, 1.165) is 0 Å². The summed E-state index contributed by atoms with van der Waals surface area (Å²) in [6.07, 6.45) is 0.473. The summed E-state index contributed by atoms with van der Waals surface area (Å²) in [4.78, 5) is 0. The number of aromatic nitrogens is 4. The van der Waals surface area contributed by atoms with Gasteiger partial charge in [0, 0.05) is 16.3 Å². The molecule has 2 N–H and O–H groups in total. The second-order valence-corrected chi connectivity index (χ2v) is 8.11. The van der Waals surface area contributed by atoms with E-state index in [1.165, 1.54) is 0 Å². The van der Waals surface area contributed by atoms with Gasteiger partial charge in [0.15, 0.2) is 15.7 Å². The molecule has 1 aliphatic rings. The van der Waals surface area contributed by atoms with Crippen LogP contribution in [0.4, 0.5) is 5.69 Å². The number of nitrogens with zero attached hydrogens (tertiary/aromatic N) is 4. The molecule has 1 aromatic heterocycles. The van der Waals surface area contributed by atoms with Crippen molar-refractivity contribution in [1.82, 2.24) is 20.2 Å². The highest BCUT2D eigenvalue weighted by Crippen LogP contribution is 2.34. The minimum Gasteiger partial charge on any atom is -0.398 e. The predicted molar refractivity (Wildman–Crippen MR) is 79.6 cm³/mol. The molecule has 9 heteroatoms. The van der Waals surface area contributed by atoms with E-state index in [9.17, 15) is 8.42 Å². The number of anilines is 1. The van der Waals surface area contributed by atoms with E-state index in [0.29, 0.717) is 28.5 Å². The smallest absolute Gasteiger partial charge is 0.184 e. The average molecular weight is 328 g/mol. The molecule has 0 aliphatic carbocycles. The molecule has 0 saturated carbocycles. The van der Waals surface area contributed by atoms with Crippen LogP contribution in [0.2, 0.25) is 5.02 Å². The van der Waals surface area contributed by atoms with Crippen LogP contribution < -0.4 is 5.73 Å². The van der Waals surface area contributed by atoms with Gasteiger partial charge in [0.2, 0.25) is 0 Å². The lowest BCUT2D eigenvalue weighted by Crippen LogP contribution is -2.33. The average Bonchev–Trinajstić information content (AvgIpc) is 2.95. The first kappa shape index (κ1) is 14.3. The fourth-order valence-electron chi connectivity index (χ4n) is 2.62. The Hall–Kier alpha value is -1.67. The Morgan fingerprint density at radius 1 is 1.43 bits per heavy atom. The molecule has 3 rings (SSSR count). The lowest BCUT2D eigenvalue weighted by Gasteiger charge is -2.23. The van der Waals surface area contributed by atoms with Gasteiger partial charge >= 0.3 is 0 Å². The topological polar surface area (TPSA) is 104 Å². The van der Waals surface area contributed by atoms with Crippen molar-refractivity contribution in [2.24, 2.45) is 0 Å². The molecule has 1 saturated heterocycles. The highest BCUT2D eigenvalue weighted by atomic mass is 35.5. The molecule has 112 valence electrons. The van der Waals surface area contributed by atoms with Crippen molar-refractivity contribution in [1.29, 1.82) is 0 Å². The lowest BCUT2D eigenvalue weighted by molar-refractivity contribution is 0.325. The molecular formula is C12H14ClN5O2S. The van der Waals surface area contributed by atoms with Crippen molar-refractivity contribution in [2.75, 3.05) is 17.2 Å². The van der Waals surface area contributed by atoms with Crippen LogP contribution >= 0.6 is 11.6 Å². The lowest BCUT2D eigenvalue weighted by atomic mass is 10.0. The van der Waals surface area contributed by atoms with Crippen LogP contribution in [-0.4, -0.2) is 40.1 Å². The minimum atomic E-state index is -3.06. The van der Waals surface area contributed by atoms with E-state index in [4.69, 9.17) is 17.3 Å². The van der Waals surface area contributed by atoms with E-state index in [1.54, 1.807) is 22.9 Å². The zero-order valence-corrected chi connectivity index (χ0v) is 12.9. The highest BCUT2D eigenvalue weighted by molar-refractivity contribution is 7.91. The molecule has 1 aromatic carbocycles. The molecular weight excluding hydrogens is 314 g/mol. The van der Waals surface area contributed by atoms with E-state index in [2.05, 4.69) is 15.5 Å². The highest BCUT2D eigenvalue weighted by Gasteiger charge is 2.42. The normalized spacial score (nSPS) is 24.3. The number of nitrogen functional groups attached to an aromatic ring is 1. The fraction of sp³-hybridized carbons (Fsp3) is 0.417. The molecule has 1 atom stereocenters. The molecule has 0 bridgehead atoms. The summed E-state index contributed by atoms with van der Waals surface area (Å²) in [5, 5.41) is 12.2. The molecule has 21 heavy (non-hydrogen) atoms. The summed E-state index contributed by atoms with van der Waals surface area (Å²) in [5.41, 5.74) is 6.38. The van der Waals surface area contributed by atoms with Crippen molar-refractivity contribution in [3.63, 3.8) is 0 Å². The van der Waals surface area contributed by atoms with Crippen molar-refractivity contribution in [2.45, 2.75) is 18.9 Å². The molecule has 2 aromatic rings. The van der Waals surface area contributed by atoms with Crippen molar-refractivity contribution in [3.8, 4) is 11.4 Å². The standard InChI is InChI=1S/C12H14ClN5O2S/c1-12(4-5-21(19,20)7-12)18-11(15-16-17-18)9-3-2-8(13)6-10(9)14/h2-3,6H,4-5,7,14H2,1H3. The second kappa shape index (κ2) is 4.67. The number of tetrazole rings is 1. The van der Waals surface area contributed by atoms with E-state index in [1.807, 2.05) is 6.92 Å². The van der Waals surface area contributed by atoms with Crippen LogP contribution in [0.3, 0.4) is 0 Å². The van der Waals surface area contributed by atoms with Gasteiger partial charge in [-0.1, -0.05) is 11.6 Å². The third-order valence-corrected chi connectivity index (χ3v) is 5.84. The fourth-order valence-corrected chi connectivity index (χ4v) is 4.91. The van der Waals surface area contributed by atoms with Crippen LogP contribution in [0.1, 0.15) is 13.3 Å². The van der Waals surface area contributed by atoms with Gasteiger partial charge in [-0.15, -0.1) is 5.10 Å². The van der Waals surface area contributed by atoms with Gasteiger partial charge in [0.1, 0.15) is 0 Å². The van der Waals surface area contributed by atoms with Crippen LogP contribution in [0, 0.1) is 0 Å². The summed E-state index contributed by atoms with van der Waals surface area (Å²) in [6.45, 7) is 1.84. The number of hydrogen-bond donors (Lipinski definition) is 1. The summed E-state index contributed by atoms with van der Waals surface area (Å²) in [6, 6.07) is 5.04. The monoisotopic (exact) mass is 327 g/mol.